The van der Waals surface area contributed by atoms with Crippen molar-refractivity contribution in [3.05, 3.63) is 65.7 Å². The van der Waals surface area contributed by atoms with Crippen LogP contribution in [-0.2, 0) is 11.3 Å². The standard InChI is InChI=1S/C23H31N3O2/c1-17(2)28-21-10-6-7-18(11-21)13-25-23(27)16-26-14-20(12-24)22(15-26)19-8-4-3-5-9-19/h3-11,17,20,22H,12-16,24H2,1-2H3,(H,25,27)/t20-,22+/m1/s1. The zero-order chi connectivity index (χ0) is 19.9. The summed E-state index contributed by atoms with van der Waals surface area (Å²) in [5.41, 5.74) is 8.34. The topological polar surface area (TPSA) is 67.6 Å². The number of nitrogens with zero attached hydrogens (tertiary/aromatic N) is 1. The number of nitrogens with one attached hydrogen (secondary N) is 1. The van der Waals surface area contributed by atoms with E-state index in [0.29, 0.717) is 31.5 Å². The van der Waals surface area contributed by atoms with Gasteiger partial charge < -0.3 is 15.8 Å². The molecule has 5 nitrogen and oxygen atoms in total. The van der Waals surface area contributed by atoms with Crippen LogP contribution >= 0.6 is 0 Å². The molecule has 2 aromatic carbocycles. The van der Waals surface area contributed by atoms with Gasteiger partial charge in [-0.25, -0.2) is 0 Å². The molecule has 5 heteroatoms. The van der Waals surface area contributed by atoms with Gasteiger partial charge in [0, 0.05) is 25.6 Å². The number of carbonyl (C=O) groups excluding carboxylic acids is 1. The Balaban J connectivity index is 1.51. The first kappa shape index (κ1) is 20.4. The summed E-state index contributed by atoms with van der Waals surface area (Å²) in [5.74, 6) is 1.65. The monoisotopic (exact) mass is 381 g/mol. The molecule has 1 saturated heterocycles. The SMILES string of the molecule is CC(C)Oc1cccc(CNC(=O)CN2C[C@@H](CN)[C@H](c3ccccc3)C2)c1. The summed E-state index contributed by atoms with van der Waals surface area (Å²) in [7, 11) is 0. The molecule has 0 aromatic heterocycles. The molecule has 2 aromatic rings. The lowest BCUT2D eigenvalue weighted by atomic mass is 9.89. The van der Waals surface area contributed by atoms with Crippen molar-refractivity contribution >= 4 is 5.91 Å². The Labute approximate surface area is 167 Å². The first-order valence-corrected chi connectivity index (χ1v) is 10.0. The van der Waals surface area contributed by atoms with Crippen LogP contribution in [0, 0.1) is 5.92 Å². The van der Waals surface area contributed by atoms with Gasteiger partial charge in [0.2, 0.25) is 5.91 Å². The van der Waals surface area contributed by atoms with E-state index in [-0.39, 0.29) is 12.0 Å². The molecule has 1 fully saturated rings. The van der Waals surface area contributed by atoms with Crippen molar-refractivity contribution in [3.8, 4) is 5.75 Å². The van der Waals surface area contributed by atoms with Gasteiger partial charge in [0.15, 0.2) is 0 Å². The van der Waals surface area contributed by atoms with Gasteiger partial charge in [-0.3, -0.25) is 9.69 Å². The Morgan fingerprint density at radius 2 is 1.96 bits per heavy atom. The number of amides is 1. The predicted octanol–water partition coefficient (Wildman–Crippen LogP) is 2.76. The van der Waals surface area contributed by atoms with E-state index in [1.807, 2.05) is 44.2 Å². The molecule has 28 heavy (non-hydrogen) atoms. The molecule has 1 aliphatic heterocycles. The van der Waals surface area contributed by atoms with Crippen molar-refractivity contribution in [1.82, 2.24) is 10.2 Å². The van der Waals surface area contributed by atoms with Gasteiger partial charge in [-0.15, -0.1) is 0 Å². The fourth-order valence-corrected chi connectivity index (χ4v) is 3.87. The van der Waals surface area contributed by atoms with Crippen LogP contribution < -0.4 is 15.8 Å². The third kappa shape index (κ3) is 5.57. The van der Waals surface area contributed by atoms with Crippen molar-refractivity contribution in [2.24, 2.45) is 11.7 Å². The van der Waals surface area contributed by atoms with Crippen molar-refractivity contribution in [2.75, 3.05) is 26.2 Å². The van der Waals surface area contributed by atoms with Gasteiger partial charge in [-0.1, -0.05) is 42.5 Å². The Morgan fingerprint density at radius 1 is 1.18 bits per heavy atom. The highest BCUT2D eigenvalue weighted by atomic mass is 16.5. The van der Waals surface area contributed by atoms with Gasteiger partial charge >= 0.3 is 0 Å². The van der Waals surface area contributed by atoms with E-state index < -0.39 is 0 Å². The fourth-order valence-electron chi connectivity index (χ4n) is 3.87. The zero-order valence-electron chi connectivity index (χ0n) is 16.8. The summed E-state index contributed by atoms with van der Waals surface area (Å²) in [6.07, 6.45) is 0.132. The van der Waals surface area contributed by atoms with Crippen molar-refractivity contribution in [3.63, 3.8) is 0 Å². The lowest BCUT2D eigenvalue weighted by Gasteiger charge is -2.17. The smallest absolute Gasteiger partial charge is 0.234 e. The Kier molecular flexibility index (Phi) is 7.06. The highest BCUT2D eigenvalue weighted by Gasteiger charge is 2.33. The zero-order valence-corrected chi connectivity index (χ0v) is 16.8. The number of carbonyl (C=O) groups is 1. The highest BCUT2D eigenvalue weighted by Crippen LogP contribution is 2.31. The van der Waals surface area contributed by atoms with E-state index in [1.54, 1.807) is 0 Å². The van der Waals surface area contributed by atoms with Crippen LogP contribution in [0.1, 0.15) is 30.9 Å². The first-order chi connectivity index (χ1) is 13.5. The minimum absolute atomic E-state index is 0.0414. The molecule has 1 aliphatic rings. The molecule has 150 valence electrons. The highest BCUT2D eigenvalue weighted by molar-refractivity contribution is 5.78. The minimum Gasteiger partial charge on any atom is -0.491 e. The lowest BCUT2D eigenvalue weighted by molar-refractivity contribution is -0.122. The molecule has 0 aliphatic carbocycles. The fraction of sp³-hybridized carbons (Fsp3) is 0.435. The maximum Gasteiger partial charge on any atom is 0.234 e. The Morgan fingerprint density at radius 3 is 2.68 bits per heavy atom. The van der Waals surface area contributed by atoms with Crippen LogP contribution in [0.25, 0.3) is 0 Å². The molecule has 3 rings (SSSR count). The second-order valence-electron chi connectivity index (χ2n) is 7.80. The summed E-state index contributed by atoms with van der Waals surface area (Å²) in [5, 5.41) is 3.03. The van der Waals surface area contributed by atoms with Crippen LogP contribution in [0.5, 0.6) is 5.75 Å². The van der Waals surface area contributed by atoms with Gasteiger partial charge in [-0.05, 0) is 49.6 Å². The second-order valence-corrected chi connectivity index (χ2v) is 7.80. The normalized spacial score (nSPS) is 19.7. The summed E-state index contributed by atoms with van der Waals surface area (Å²) < 4.78 is 5.71. The number of benzene rings is 2. The van der Waals surface area contributed by atoms with E-state index in [4.69, 9.17) is 10.5 Å². The van der Waals surface area contributed by atoms with Crippen molar-refractivity contribution in [1.29, 1.82) is 0 Å². The molecule has 0 radical (unpaired) electrons. The molecule has 0 bridgehead atoms. The number of ether oxygens (including phenoxy) is 1. The quantitative estimate of drug-likeness (QED) is 0.738. The van der Waals surface area contributed by atoms with Crippen molar-refractivity contribution < 1.29 is 9.53 Å². The third-order valence-corrected chi connectivity index (χ3v) is 5.17. The maximum atomic E-state index is 12.5. The van der Waals surface area contributed by atoms with Crippen LogP contribution in [0.15, 0.2) is 54.6 Å². The second kappa shape index (κ2) is 9.71. The van der Waals surface area contributed by atoms with Crippen LogP contribution in [0.4, 0.5) is 0 Å². The third-order valence-electron chi connectivity index (χ3n) is 5.17. The molecule has 2 atom stereocenters. The maximum absolute atomic E-state index is 12.5. The van der Waals surface area contributed by atoms with E-state index in [0.717, 1.165) is 24.4 Å². The average Bonchev–Trinajstić information content (AvgIpc) is 3.09. The van der Waals surface area contributed by atoms with E-state index in [1.165, 1.54) is 5.56 Å². The van der Waals surface area contributed by atoms with E-state index in [9.17, 15) is 4.79 Å². The molecule has 0 spiro atoms. The predicted molar refractivity (Wildman–Crippen MR) is 112 cm³/mol. The summed E-state index contributed by atoms with van der Waals surface area (Å²) in [6, 6.07) is 18.3. The Bertz CT molecular complexity index is 763. The van der Waals surface area contributed by atoms with Gasteiger partial charge in [0.25, 0.3) is 0 Å². The molecule has 1 amide bonds. The molecule has 0 unspecified atom stereocenters. The van der Waals surface area contributed by atoms with Gasteiger partial charge in [0.1, 0.15) is 5.75 Å². The summed E-state index contributed by atoms with van der Waals surface area (Å²) >= 11 is 0. The van der Waals surface area contributed by atoms with Gasteiger partial charge in [0.05, 0.1) is 12.6 Å². The van der Waals surface area contributed by atoms with E-state index >= 15 is 0 Å². The van der Waals surface area contributed by atoms with Crippen LogP contribution in [0.3, 0.4) is 0 Å². The molecule has 0 saturated carbocycles. The Hall–Kier alpha value is -2.37. The van der Waals surface area contributed by atoms with Crippen molar-refractivity contribution in [2.45, 2.75) is 32.4 Å². The lowest BCUT2D eigenvalue weighted by Crippen LogP contribution is -2.36. The first-order valence-electron chi connectivity index (χ1n) is 10.0. The van der Waals surface area contributed by atoms with E-state index in [2.05, 4.69) is 34.5 Å². The number of likely N-dealkylation sites (tertiary alicyclic amines) is 1. The summed E-state index contributed by atoms with van der Waals surface area (Å²) in [6.45, 7) is 7.29. The average molecular weight is 382 g/mol. The molecule has 3 N–H and O–H groups in total. The molecule has 1 heterocycles. The molecular formula is C23H31N3O2. The van der Waals surface area contributed by atoms with Crippen LogP contribution in [0.2, 0.25) is 0 Å². The molecular weight excluding hydrogens is 350 g/mol. The number of hydrogen-bond acceptors (Lipinski definition) is 4. The minimum atomic E-state index is 0.0414. The van der Waals surface area contributed by atoms with Gasteiger partial charge in [-0.2, -0.15) is 0 Å². The largest absolute Gasteiger partial charge is 0.491 e. The number of rotatable bonds is 8. The van der Waals surface area contributed by atoms with Crippen LogP contribution in [-0.4, -0.2) is 43.1 Å². The number of nitrogens with two attached hydrogens (primary N) is 1. The number of hydrogen-bond donors (Lipinski definition) is 2. The summed E-state index contributed by atoms with van der Waals surface area (Å²) in [4.78, 5) is 14.7.